The first-order valence-corrected chi connectivity index (χ1v) is 5.06. The number of carbonyl (C=O) groups is 1. The van der Waals surface area contributed by atoms with E-state index in [1.165, 1.54) is 7.11 Å². The summed E-state index contributed by atoms with van der Waals surface area (Å²) >= 11 is 3.31. The van der Waals surface area contributed by atoms with Crippen molar-refractivity contribution in [3.63, 3.8) is 0 Å². The molecule has 0 aliphatic rings. The number of hydrogen-bond acceptors (Lipinski definition) is 4. The van der Waals surface area contributed by atoms with Crippen molar-refractivity contribution in [1.29, 1.82) is 0 Å². The van der Waals surface area contributed by atoms with E-state index in [1.54, 1.807) is 25.3 Å². The molecule has 0 aliphatic carbocycles. The van der Waals surface area contributed by atoms with Crippen LogP contribution in [0.5, 0.6) is 5.75 Å². The molecule has 0 bridgehead atoms. The second-order valence-corrected chi connectivity index (χ2v) is 3.75. The van der Waals surface area contributed by atoms with Gasteiger partial charge in [0.15, 0.2) is 0 Å². The summed E-state index contributed by atoms with van der Waals surface area (Å²) in [4.78, 5) is 11.2. The molecule has 82 valence electrons. The van der Waals surface area contributed by atoms with Crippen molar-refractivity contribution in [2.45, 2.75) is 6.04 Å². The van der Waals surface area contributed by atoms with E-state index in [0.29, 0.717) is 11.3 Å². The predicted octanol–water partition coefficient (Wildman–Crippen LogP) is 1.63. The van der Waals surface area contributed by atoms with Crippen molar-refractivity contribution in [2.24, 2.45) is 5.73 Å². The fraction of sp³-hybridized carbons (Fsp3) is 0.300. The molecule has 0 heterocycles. The van der Waals surface area contributed by atoms with E-state index in [-0.39, 0.29) is 0 Å². The number of halogens is 1. The molecule has 0 fully saturated rings. The molecule has 2 N–H and O–H groups in total. The minimum Gasteiger partial charge on any atom is -0.496 e. The molecule has 5 heteroatoms. The van der Waals surface area contributed by atoms with Crippen LogP contribution >= 0.6 is 15.9 Å². The normalized spacial score (nSPS) is 12.0. The number of ether oxygens (including phenoxy) is 2. The molecule has 1 atom stereocenters. The number of methoxy groups -OCH3 is 2. The second-order valence-electron chi connectivity index (χ2n) is 2.89. The smallest absolute Gasteiger partial charge is 0.327 e. The van der Waals surface area contributed by atoms with Gasteiger partial charge in [-0.05, 0) is 33.6 Å². The van der Waals surface area contributed by atoms with Crippen LogP contribution in [0.15, 0.2) is 22.7 Å². The van der Waals surface area contributed by atoms with E-state index in [9.17, 15) is 4.79 Å². The van der Waals surface area contributed by atoms with Gasteiger partial charge in [0, 0.05) is 0 Å². The van der Waals surface area contributed by atoms with Gasteiger partial charge >= 0.3 is 5.97 Å². The zero-order valence-electron chi connectivity index (χ0n) is 8.49. The third-order valence-electron chi connectivity index (χ3n) is 1.99. The molecule has 4 nitrogen and oxygen atoms in total. The van der Waals surface area contributed by atoms with Crippen LogP contribution in [-0.2, 0) is 9.53 Å². The molecule has 0 saturated carbocycles. The van der Waals surface area contributed by atoms with Gasteiger partial charge < -0.3 is 15.2 Å². The van der Waals surface area contributed by atoms with Crippen LogP contribution in [0.4, 0.5) is 0 Å². The Labute approximate surface area is 96.5 Å². The monoisotopic (exact) mass is 273 g/mol. The summed E-state index contributed by atoms with van der Waals surface area (Å²) < 4.78 is 10.4. The van der Waals surface area contributed by atoms with Gasteiger partial charge in [-0.1, -0.05) is 6.07 Å². The number of nitrogens with two attached hydrogens (primary N) is 1. The summed E-state index contributed by atoms with van der Waals surface area (Å²) in [6.07, 6.45) is 0. The summed E-state index contributed by atoms with van der Waals surface area (Å²) in [7, 11) is 2.88. The summed E-state index contributed by atoms with van der Waals surface area (Å²) in [5, 5.41) is 0. The van der Waals surface area contributed by atoms with Crippen molar-refractivity contribution < 1.29 is 14.3 Å². The van der Waals surface area contributed by atoms with Crippen molar-refractivity contribution in [3.8, 4) is 5.75 Å². The maximum Gasteiger partial charge on any atom is 0.327 e. The van der Waals surface area contributed by atoms with Crippen molar-refractivity contribution in [3.05, 3.63) is 28.2 Å². The van der Waals surface area contributed by atoms with E-state index in [4.69, 9.17) is 10.5 Å². The standard InChI is InChI=1S/C10H12BrNO3/c1-14-8-4-3-6(5-7(8)11)9(12)10(13)15-2/h3-5,9H,12H2,1-2H3/t9-/m1/s1. The SMILES string of the molecule is COC(=O)[C@H](N)c1ccc(OC)c(Br)c1. The topological polar surface area (TPSA) is 61.5 Å². The van der Waals surface area contributed by atoms with E-state index < -0.39 is 12.0 Å². The Hall–Kier alpha value is -1.07. The average Bonchev–Trinajstić information content (AvgIpc) is 2.26. The van der Waals surface area contributed by atoms with Gasteiger partial charge in [-0.25, -0.2) is 0 Å². The van der Waals surface area contributed by atoms with E-state index in [2.05, 4.69) is 20.7 Å². The Balaban J connectivity index is 2.97. The average molecular weight is 274 g/mol. The minimum absolute atomic E-state index is 0.466. The van der Waals surface area contributed by atoms with Gasteiger partial charge in [-0.3, -0.25) is 4.79 Å². The summed E-state index contributed by atoms with van der Waals surface area (Å²) in [6.45, 7) is 0. The zero-order chi connectivity index (χ0) is 11.4. The highest BCUT2D eigenvalue weighted by Crippen LogP contribution is 2.27. The highest BCUT2D eigenvalue weighted by molar-refractivity contribution is 9.10. The Kier molecular flexibility index (Phi) is 4.11. The lowest BCUT2D eigenvalue weighted by atomic mass is 10.1. The van der Waals surface area contributed by atoms with E-state index >= 15 is 0 Å². The Morgan fingerprint density at radius 2 is 2.13 bits per heavy atom. The summed E-state index contributed by atoms with van der Waals surface area (Å²) in [5.74, 6) is 0.225. The molecule has 0 aromatic heterocycles. The third kappa shape index (κ3) is 2.70. The molecule has 15 heavy (non-hydrogen) atoms. The molecule has 0 unspecified atom stereocenters. The lowest BCUT2D eigenvalue weighted by Gasteiger charge is -2.11. The predicted molar refractivity (Wildman–Crippen MR) is 59.6 cm³/mol. The maximum atomic E-state index is 11.2. The molecule has 1 aromatic rings. The first kappa shape index (κ1) is 12.0. The van der Waals surface area contributed by atoms with Crippen molar-refractivity contribution in [2.75, 3.05) is 14.2 Å². The fourth-order valence-electron chi connectivity index (χ4n) is 1.14. The van der Waals surface area contributed by atoms with Crippen LogP contribution in [0.1, 0.15) is 11.6 Å². The Morgan fingerprint density at radius 1 is 1.47 bits per heavy atom. The Morgan fingerprint density at radius 3 is 2.60 bits per heavy atom. The molecule has 0 aliphatic heterocycles. The van der Waals surface area contributed by atoms with Gasteiger partial charge in [-0.2, -0.15) is 0 Å². The molecule has 0 radical (unpaired) electrons. The maximum absolute atomic E-state index is 11.2. The van der Waals surface area contributed by atoms with Crippen molar-refractivity contribution in [1.82, 2.24) is 0 Å². The number of hydrogen-bond donors (Lipinski definition) is 1. The first-order chi connectivity index (χ1) is 7.10. The third-order valence-corrected chi connectivity index (χ3v) is 2.61. The number of carbonyl (C=O) groups excluding carboxylic acids is 1. The van der Waals surface area contributed by atoms with Gasteiger partial charge in [0.05, 0.1) is 18.7 Å². The molecule has 0 saturated heterocycles. The van der Waals surface area contributed by atoms with Gasteiger partial charge in [-0.15, -0.1) is 0 Å². The van der Waals surface area contributed by atoms with Gasteiger partial charge in [0.2, 0.25) is 0 Å². The highest BCUT2D eigenvalue weighted by Gasteiger charge is 2.17. The number of rotatable bonds is 3. The zero-order valence-corrected chi connectivity index (χ0v) is 10.1. The number of esters is 1. The fourth-order valence-corrected chi connectivity index (χ4v) is 1.70. The van der Waals surface area contributed by atoms with Crippen LogP contribution in [0.25, 0.3) is 0 Å². The lowest BCUT2D eigenvalue weighted by Crippen LogP contribution is -2.22. The largest absolute Gasteiger partial charge is 0.496 e. The number of benzene rings is 1. The molecular weight excluding hydrogens is 262 g/mol. The summed E-state index contributed by atoms with van der Waals surface area (Å²) in [6, 6.07) is 4.44. The first-order valence-electron chi connectivity index (χ1n) is 4.27. The quantitative estimate of drug-likeness (QED) is 0.851. The van der Waals surface area contributed by atoms with Gasteiger partial charge in [0.1, 0.15) is 11.8 Å². The molecule has 1 rings (SSSR count). The molecule has 0 amide bonds. The Bertz CT molecular complexity index is 368. The van der Waals surface area contributed by atoms with Crippen LogP contribution in [0, 0.1) is 0 Å². The van der Waals surface area contributed by atoms with E-state index in [1.807, 2.05) is 0 Å². The molecular formula is C10H12BrNO3. The lowest BCUT2D eigenvalue weighted by molar-refractivity contribution is -0.142. The van der Waals surface area contributed by atoms with Gasteiger partial charge in [0.25, 0.3) is 0 Å². The minimum atomic E-state index is -0.766. The highest BCUT2D eigenvalue weighted by atomic mass is 79.9. The van der Waals surface area contributed by atoms with Crippen molar-refractivity contribution >= 4 is 21.9 Å². The van der Waals surface area contributed by atoms with Crippen LogP contribution in [-0.4, -0.2) is 20.2 Å². The molecule has 1 aromatic carbocycles. The molecule has 0 spiro atoms. The van der Waals surface area contributed by atoms with Crippen LogP contribution in [0.3, 0.4) is 0 Å². The van der Waals surface area contributed by atoms with Crippen LogP contribution in [0.2, 0.25) is 0 Å². The van der Waals surface area contributed by atoms with E-state index in [0.717, 1.165) is 4.47 Å². The summed E-state index contributed by atoms with van der Waals surface area (Å²) in [5.41, 5.74) is 6.35. The second kappa shape index (κ2) is 5.14. The van der Waals surface area contributed by atoms with Crippen LogP contribution < -0.4 is 10.5 Å².